The molecule has 3 rings (SSSR count). The van der Waals surface area contributed by atoms with Crippen molar-refractivity contribution in [2.75, 3.05) is 6.54 Å². The second kappa shape index (κ2) is 8.57. The monoisotopic (exact) mass is 412 g/mol. The zero-order valence-corrected chi connectivity index (χ0v) is 17.5. The van der Waals surface area contributed by atoms with Gasteiger partial charge in [-0.2, -0.15) is 0 Å². The molecule has 1 aromatic heterocycles. The third-order valence-electron chi connectivity index (χ3n) is 4.99. The van der Waals surface area contributed by atoms with Crippen LogP contribution in [-0.2, 0) is 4.79 Å². The van der Waals surface area contributed by atoms with Gasteiger partial charge in [-0.05, 0) is 49.7 Å². The molecule has 0 fully saturated rings. The Morgan fingerprint density at radius 1 is 1.41 bits per heavy atom. The predicted molar refractivity (Wildman–Crippen MR) is 114 cm³/mol. The molecule has 0 saturated carbocycles. The van der Waals surface area contributed by atoms with Gasteiger partial charge in [-0.15, -0.1) is 0 Å². The number of aromatic hydroxyl groups is 1. The van der Waals surface area contributed by atoms with Gasteiger partial charge in [0, 0.05) is 24.7 Å². The molecule has 2 heterocycles. The summed E-state index contributed by atoms with van der Waals surface area (Å²) in [6, 6.07) is 7.59. The molecule has 1 aromatic carbocycles. The number of hydrogen-bond donors (Lipinski definition) is 3. The molecule has 0 saturated heterocycles. The van der Waals surface area contributed by atoms with E-state index in [1.54, 1.807) is 10.6 Å². The van der Waals surface area contributed by atoms with E-state index in [2.05, 4.69) is 15.3 Å². The number of fused-ring (bicyclic) bond motifs is 1. The second-order valence-corrected chi connectivity index (χ2v) is 7.38. The first-order chi connectivity index (χ1) is 13.8. The van der Waals surface area contributed by atoms with E-state index in [9.17, 15) is 14.7 Å². The van der Waals surface area contributed by atoms with Crippen LogP contribution in [0.2, 0.25) is 0 Å². The number of hydrogen-bond acceptors (Lipinski definition) is 5. The zero-order valence-electron chi connectivity index (χ0n) is 16.7. The average molecular weight is 413 g/mol. The normalized spacial score (nSPS) is 15.1. The molecule has 3 N–H and O–H groups in total. The first kappa shape index (κ1) is 20.7. The highest BCUT2D eigenvalue weighted by molar-refractivity contribution is 7.71. The summed E-state index contributed by atoms with van der Waals surface area (Å²) in [5.74, 6) is -0.281. The molecular formula is C21H24N4O3S. The maximum atomic E-state index is 12.5. The van der Waals surface area contributed by atoms with Crippen LogP contribution in [0.1, 0.15) is 45.2 Å². The molecule has 0 spiro atoms. The number of carbonyl (C=O) groups excluding carboxylic acids is 1. The molecule has 0 bridgehead atoms. The van der Waals surface area contributed by atoms with E-state index in [0.717, 1.165) is 22.6 Å². The van der Waals surface area contributed by atoms with E-state index in [-0.39, 0.29) is 28.2 Å². The van der Waals surface area contributed by atoms with E-state index in [0.29, 0.717) is 18.7 Å². The summed E-state index contributed by atoms with van der Waals surface area (Å²) >= 11 is 5.23. The Balaban J connectivity index is 2.15. The van der Waals surface area contributed by atoms with Crippen LogP contribution in [-0.4, -0.2) is 27.1 Å². The Morgan fingerprint density at radius 3 is 2.83 bits per heavy atom. The molecule has 29 heavy (non-hydrogen) atoms. The Bertz CT molecular complexity index is 1220. The van der Waals surface area contributed by atoms with Crippen LogP contribution in [0.5, 0.6) is 5.88 Å². The fourth-order valence-electron chi connectivity index (χ4n) is 3.32. The molecule has 1 aliphatic rings. The van der Waals surface area contributed by atoms with E-state index in [1.165, 1.54) is 6.92 Å². The number of aromatic nitrogens is 2. The van der Waals surface area contributed by atoms with Crippen LogP contribution < -0.4 is 21.5 Å². The first-order valence-corrected chi connectivity index (χ1v) is 9.95. The van der Waals surface area contributed by atoms with Crippen molar-refractivity contribution in [2.24, 2.45) is 4.99 Å². The topological polar surface area (TPSA) is 99.5 Å². The highest BCUT2D eigenvalue weighted by Gasteiger charge is 2.18. The van der Waals surface area contributed by atoms with Gasteiger partial charge < -0.3 is 10.4 Å². The Kier molecular flexibility index (Phi) is 6.12. The summed E-state index contributed by atoms with van der Waals surface area (Å²) in [6.07, 6.45) is 2.88. The molecule has 1 unspecified atom stereocenters. The number of rotatable bonds is 6. The molecule has 8 heteroatoms. The van der Waals surface area contributed by atoms with Gasteiger partial charge >= 0.3 is 0 Å². The van der Waals surface area contributed by atoms with Crippen LogP contribution in [0, 0.1) is 4.77 Å². The van der Waals surface area contributed by atoms with E-state index in [1.807, 2.05) is 38.1 Å². The quantitative estimate of drug-likeness (QED) is 0.632. The highest BCUT2D eigenvalue weighted by Crippen LogP contribution is 2.26. The number of benzene rings is 1. The maximum Gasteiger partial charge on any atom is 0.262 e. The third kappa shape index (κ3) is 4.22. The van der Waals surface area contributed by atoms with Gasteiger partial charge in [0.25, 0.3) is 5.56 Å². The second-order valence-electron chi connectivity index (χ2n) is 6.99. The van der Waals surface area contributed by atoms with Crippen molar-refractivity contribution >= 4 is 29.8 Å². The van der Waals surface area contributed by atoms with Crippen molar-refractivity contribution in [3.05, 3.63) is 61.2 Å². The van der Waals surface area contributed by atoms with Crippen molar-refractivity contribution in [2.45, 2.75) is 39.7 Å². The first-order valence-electron chi connectivity index (χ1n) is 9.54. The SMILES string of the molecule is CCC(C)n1c(O)c(/C=C2\N=c3ccccc3=C2CCNC(C)=O)c(=O)[nH]c1=S. The Labute approximate surface area is 173 Å². The van der Waals surface area contributed by atoms with Crippen molar-refractivity contribution in [1.29, 1.82) is 0 Å². The molecule has 0 aliphatic carbocycles. The molecule has 2 aromatic rings. The van der Waals surface area contributed by atoms with Gasteiger partial charge in [0.2, 0.25) is 11.8 Å². The lowest BCUT2D eigenvalue weighted by atomic mass is 10.1. The average Bonchev–Trinajstić information content (AvgIpc) is 3.02. The molecule has 7 nitrogen and oxygen atoms in total. The lowest BCUT2D eigenvalue weighted by Gasteiger charge is -2.17. The summed E-state index contributed by atoms with van der Waals surface area (Å²) in [5, 5.41) is 15.3. The number of aromatic amines is 1. The third-order valence-corrected chi connectivity index (χ3v) is 5.29. The molecule has 152 valence electrons. The lowest BCUT2D eigenvalue weighted by Crippen LogP contribution is -2.25. The van der Waals surface area contributed by atoms with Crippen LogP contribution >= 0.6 is 12.2 Å². The zero-order chi connectivity index (χ0) is 21.1. The minimum absolute atomic E-state index is 0.0718. The number of para-hydroxylation sites is 1. The minimum Gasteiger partial charge on any atom is -0.494 e. The molecule has 1 atom stereocenters. The molecule has 0 radical (unpaired) electrons. The fourth-order valence-corrected chi connectivity index (χ4v) is 3.68. The number of nitrogens with zero attached hydrogens (tertiary/aromatic N) is 2. The summed E-state index contributed by atoms with van der Waals surface area (Å²) < 4.78 is 1.73. The molecular weight excluding hydrogens is 388 g/mol. The largest absolute Gasteiger partial charge is 0.494 e. The van der Waals surface area contributed by atoms with Crippen LogP contribution in [0.3, 0.4) is 0 Å². The van der Waals surface area contributed by atoms with Crippen molar-refractivity contribution in [1.82, 2.24) is 14.9 Å². The molecule has 1 aliphatic heterocycles. The van der Waals surface area contributed by atoms with E-state index >= 15 is 0 Å². The van der Waals surface area contributed by atoms with E-state index < -0.39 is 5.56 Å². The van der Waals surface area contributed by atoms with Crippen LogP contribution in [0.25, 0.3) is 11.6 Å². The summed E-state index contributed by atoms with van der Waals surface area (Å²) in [7, 11) is 0. The highest BCUT2D eigenvalue weighted by atomic mass is 32.1. The summed E-state index contributed by atoms with van der Waals surface area (Å²) in [5.41, 5.74) is 1.14. The Morgan fingerprint density at radius 2 is 2.14 bits per heavy atom. The molecule has 1 amide bonds. The van der Waals surface area contributed by atoms with Crippen LogP contribution in [0.15, 0.2) is 39.7 Å². The number of allylic oxidation sites excluding steroid dienone is 1. The summed E-state index contributed by atoms with van der Waals surface area (Å²) in [6.45, 7) is 5.82. The van der Waals surface area contributed by atoms with Gasteiger partial charge in [0.05, 0.1) is 11.1 Å². The van der Waals surface area contributed by atoms with Gasteiger partial charge in [-0.25, -0.2) is 4.99 Å². The van der Waals surface area contributed by atoms with Crippen molar-refractivity contribution < 1.29 is 9.90 Å². The number of carbonyl (C=O) groups is 1. The van der Waals surface area contributed by atoms with E-state index in [4.69, 9.17) is 12.2 Å². The smallest absolute Gasteiger partial charge is 0.262 e. The van der Waals surface area contributed by atoms with Gasteiger partial charge in [-0.1, -0.05) is 25.1 Å². The van der Waals surface area contributed by atoms with Crippen LogP contribution in [0.4, 0.5) is 0 Å². The summed E-state index contributed by atoms with van der Waals surface area (Å²) in [4.78, 5) is 31.1. The van der Waals surface area contributed by atoms with Gasteiger partial charge in [0.15, 0.2) is 4.77 Å². The van der Waals surface area contributed by atoms with Gasteiger partial charge in [-0.3, -0.25) is 19.1 Å². The van der Waals surface area contributed by atoms with Crippen molar-refractivity contribution in [3.63, 3.8) is 0 Å². The number of nitrogens with one attached hydrogen (secondary N) is 2. The van der Waals surface area contributed by atoms with Crippen molar-refractivity contribution in [3.8, 4) is 5.88 Å². The Hall–Kier alpha value is -3.00. The number of amides is 1. The maximum absolute atomic E-state index is 12.5. The standard InChI is InChI=1S/C21H24N4O3S/c1-4-12(2)25-20(28)16(19(27)24-21(25)29)11-18-15(9-10-22-13(3)26)14-7-5-6-8-17(14)23-18/h5-8,11-12,28H,4,9-10H2,1-3H3,(H,22,26)(H,24,27,29)/b18-11-. The lowest BCUT2D eigenvalue weighted by molar-refractivity contribution is -0.118. The fraction of sp³-hybridized carbons (Fsp3) is 0.333. The predicted octanol–water partition coefficient (Wildman–Crippen LogP) is 1.93. The number of H-pyrrole nitrogens is 1. The minimum atomic E-state index is -0.466. The van der Waals surface area contributed by atoms with Gasteiger partial charge in [0.1, 0.15) is 5.56 Å².